The van der Waals surface area contributed by atoms with Crippen LogP contribution in [0.1, 0.15) is 36.1 Å². The minimum absolute atomic E-state index is 0.167. The molecule has 3 heterocycles. The Morgan fingerprint density at radius 1 is 1.67 bits per heavy atom. The standard InChI is InChI=1S/C13H15ClN2OS/c1-8-5-13(2-3-16-8)12-10(4-11(14)18-12)9(6-15)7-17-13/h4,8-9,16H,2-3,5,7H2,1H3/t8-,9?,13+/m0/s1. The van der Waals surface area contributed by atoms with Crippen LogP contribution in [-0.4, -0.2) is 19.2 Å². The van der Waals surface area contributed by atoms with E-state index in [9.17, 15) is 5.26 Å². The molecule has 0 amide bonds. The van der Waals surface area contributed by atoms with E-state index < -0.39 is 0 Å². The van der Waals surface area contributed by atoms with E-state index in [1.54, 1.807) is 11.3 Å². The van der Waals surface area contributed by atoms with E-state index in [1.165, 1.54) is 4.88 Å². The van der Waals surface area contributed by atoms with Crippen LogP contribution in [0.25, 0.3) is 0 Å². The van der Waals surface area contributed by atoms with Crippen LogP contribution >= 0.6 is 22.9 Å². The van der Waals surface area contributed by atoms with Crippen molar-refractivity contribution >= 4 is 22.9 Å². The first-order valence-corrected chi connectivity index (χ1v) is 7.41. The first-order valence-electron chi connectivity index (χ1n) is 6.21. The molecule has 3 atom stereocenters. The van der Waals surface area contributed by atoms with Crippen LogP contribution in [-0.2, 0) is 10.3 Å². The molecule has 2 aliphatic heterocycles. The summed E-state index contributed by atoms with van der Waals surface area (Å²) in [7, 11) is 0. The third-order valence-corrected chi connectivity index (χ3v) is 5.32. The highest BCUT2D eigenvalue weighted by Crippen LogP contribution is 2.49. The van der Waals surface area contributed by atoms with Gasteiger partial charge in [-0.2, -0.15) is 5.26 Å². The predicted molar refractivity (Wildman–Crippen MR) is 72.0 cm³/mol. The number of fused-ring (bicyclic) bond motifs is 2. The second kappa shape index (κ2) is 4.50. The van der Waals surface area contributed by atoms with E-state index in [4.69, 9.17) is 16.3 Å². The lowest BCUT2D eigenvalue weighted by molar-refractivity contribution is -0.0885. The number of rotatable bonds is 0. The van der Waals surface area contributed by atoms with Gasteiger partial charge in [0.05, 0.1) is 22.9 Å². The largest absolute Gasteiger partial charge is 0.368 e. The molecule has 3 rings (SSSR count). The summed E-state index contributed by atoms with van der Waals surface area (Å²) < 4.78 is 6.87. The molecule has 0 saturated carbocycles. The van der Waals surface area contributed by atoms with Gasteiger partial charge in [-0.05, 0) is 37.9 Å². The lowest BCUT2D eigenvalue weighted by Gasteiger charge is -2.43. The molecule has 3 nitrogen and oxygen atoms in total. The maximum absolute atomic E-state index is 9.21. The maximum Gasteiger partial charge on any atom is 0.105 e. The molecule has 1 aromatic heterocycles. The molecule has 1 unspecified atom stereocenters. The van der Waals surface area contributed by atoms with Gasteiger partial charge in [0.15, 0.2) is 0 Å². The van der Waals surface area contributed by atoms with Crippen LogP contribution < -0.4 is 5.32 Å². The predicted octanol–water partition coefficient (Wildman–Crippen LogP) is 3.01. The molecule has 1 fully saturated rings. The number of nitriles is 1. The zero-order valence-corrected chi connectivity index (χ0v) is 11.8. The van der Waals surface area contributed by atoms with Gasteiger partial charge in [0, 0.05) is 10.9 Å². The van der Waals surface area contributed by atoms with Gasteiger partial charge in [0.1, 0.15) is 5.60 Å². The molecule has 1 saturated heterocycles. The third kappa shape index (κ3) is 1.86. The fraction of sp³-hybridized carbons (Fsp3) is 0.615. The highest BCUT2D eigenvalue weighted by atomic mass is 35.5. The number of nitrogens with zero attached hydrogens (tertiary/aromatic N) is 1. The Morgan fingerprint density at radius 2 is 2.50 bits per heavy atom. The molecule has 0 bridgehead atoms. The highest BCUT2D eigenvalue weighted by Gasteiger charge is 2.45. The number of thiophene rings is 1. The van der Waals surface area contributed by atoms with Crippen LogP contribution in [0.5, 0.6) is 0 Å². The fourth-order valence-corrected chi connectivity index (χ4v) is 4.50. The Hall–Kier alpha value is -0.600. The van der Waals surface area contributed by atoms with Crippen molar-refractivity contribution in [2.24, 2.45) is 0 Å². The molecule has 0 aliphatic carbocycles. The summed E-state index contributed by atoms with van der Waals surface area (Å²) in [5.74, 6) is -0.167. The van der Waals surface area contributed by atoms with Crippen molar-refractivity contribution in [3.8, 4) is 6.07 Å². The van der Waals surface area contributed by atoms with Gasteiger partial charge in [-0.3, -0.25) is 0 Å². The molecule has 5 heteroatoms. The number of piperidine rings is 1. The molecular weight excluding hydrogens is 268 g/mol. The van der Waals surface area contributed by atoms with E-state index >= 15 is 0 Å². The van der Waals surface area contributed by atoms with E-state index in [0.29, 0.717) is 12.6 Å². The molecule has 96 valence electrons. The zero-order valence-electron chi connectivity index (χ0n) is 10.2. The number of nitrogens with one attached hydrogen (secondary N) is 1. The number of halogens is 1. The summed E-state index contributed by atoms with van der Waals surface area (Å²) in [6.45, 7) is 3.62. The summed E-state index contributed by atoms with van der Waals surface area (Å²) in [6, 6.07) is 4.70. The van der Waals surface area contributed by atoms with Crippen LogP contribution in [0.15, 0.2) is 6.07 Å². The van der Waals surface area contributed by atoms with Crippen LogP contribution in [0, 0.1) is 11.3 Å². The summed E-state index contributed by atoms with van der Waals surface area (Å²) in [4.78, 5) is 1.18. The van der Waals surface area contributed by atoms with Gasteiger partial charge >= 0.3 is 0 Å². The molecular formula is C13H15ClN2OS. The van der Waals surface area contributed by atoms with E-state index in [0.717, 1.165) is 29.3 Å². The van der Waals surface area contributed by atoms with Crippen LogP contribution in [0.2, 0.25) is 4.34 Å². The van der Waals surface area contributed by atoms with Crippen molar-refractivity contribution in [1.29, 1.82) is 5.26 Å². The van der Waals surface area contributed by atoms with Crippen molar-refractivity contribution in [3.63, 3.8) is 0 Å². The quantitative estimate of drug-likeness (QED) is 0.796. The topological polar surface area (TPSA) is 45.0 Å². The third-order valence-electron chi connectivity index (χ3n) is 3.86. The van der Waals surface area contributed by atoms with E-state index in [1.807, 2.05) is 6.07 Å². The number of hydrogen-bond acceptors (Lipinski definition) is 4. The first-order chi connectivity index (χ1) is 8.64. The Morgan fingerprint density at radius 3 is 3.22 bits per heavy atom. The number of hydrogen-bond donors (Lipinski definition) is 1. The Kier molecular flexibility index (Phi) is 3.11. The molecule has 0 aromatic carbocycles. The molecule has 0 radical (unpaired) electrons. The van der Waals surface area contributed by atoms with Gasteiger partial charge in [-0.25, -0.2) is 0 Å². The monoisotopic (exact) mass is 282 g/mol. The second-order valence-electron chi connectivity index (χ2n) is 5.13. The fourth-order valence-electron chi connectivity index (χ4n) is 3.02. The Bertz CT molecular complexity index is 510. The normalized spacial score (nSPS) is 35.2. The molecule has 1 aromatic rings. The summed E-state index contributed by atoms with van der Waals surface area (Å²) in [5, 5.41) is 12.6. The molecule has 1 N–H and O–H groups in total. The van der Waals surface area contributed by atoms with Gasteiger partial charge < -0.3 is 10.1 Å². The highest BCUT2D eigenvalue weighted by molar-refractivity contribution is 7.16. The lowest BCUT2D eigenvalue weighted by atomic mass is 9.81. The Balaban J connectivity index is 2.06. The number of ether oxygens (including phenoxy) is 1. The molecule has 2 aliphatic rings. The summed E-state index contributed by atoms with van der Waals surface area (Å²) >= 11 is 7.73. The van der Waals surface area contributed by atoms with Crippen molar-refractivity contribution < 1.29 is 4.74 Å². The summed E-state index contributed by atoms with van der Waals surface area (Å²) in [5.41, 5.74) is 0.873. The first kappa shape index (κ1) is 12.4. The SMILES string of the molecule is C[C@H]1C[C@@]2(CCN1)OCC(C#N)c1cc(Cl)sc12. The van der Waals surface area contributed by atoms with Crippen molar-refractivity contribution in [2.75, 3.05) is 13.2 Å². The molecule has 1 spiro atoms. The van der Waals surface area contributed by atoms with Crippen LogP contribution in [0.3, 0.4) is 0 Å². The Labute approximate surface area is 116 Å². The van der Waals surface area contributed by atoms with Crippen molar-refractivity contribution in [3.05, 3.63) is 20.8 Å². The zero-order chi connectivity index (χ0) is 12.8. The van der Waals surface area contributed by atoms with Gasteiger partial charge in [-0.15, -0.1) is 11.3 Å². The average Bonchev–Trinajstić information content (AvgIpc) is 2.73. The van der Waals surface area contributed by atoms with Gasteiger partial charge in [-0.1, -0.05) is 11.6 Å². The second-order valence-corrected chi connectivity index (χ2v) is 6.81. The minimum atomic E-state index is -0.217. The van der Waals surface area contributed by atoms with Crippen molar-refractivity contribution in [1.82, 2.24) is 5.32 Å². The summed E-state index contributed by atoms with van der Waals surface area (Å²) in [6.07, 6.45) is 1.91. The lowest BCUT2D eigenvalue weighted by Crippen LogP contribution is -2.48. The van der Waals surface area contributed by atoms with E-state index in [2.05, 4.69) is 18.3 Å². The average molecular weight is 283 g/mol. The maximum atomic E-state index is 9.21. The van der Waals surface area contributed by atoms with Crippen molar-refractivity contribution in [2.45, 2.75) is 37.3 Å². The van der Waals surface area contributed by atoms with Gasteiger partial charge in [0.2, 0.25) is 0 Å². The van der Waals surface area contributed by atoms with Gasteiger partial charge in [0.25, 0.3) is 0 Å². The molecule has 18 heavy (non-hydrogen) atoms. The van der Waals surface area contributed by atoms with E-state index in [-0.39, 0.29) is 11.5 Å². The smallest absolute Gasteiger partial charge is 0.105 e. The van der Waals surface area contributed by atoms with Crippen LogP contribution in [0.4, 0.5) is 0 Å². The minimum Gasteiger partial charge on any atom is -0.368 e.